The van der Waals surface area contributed by atoms with Crippen molar-refractivity contribution in [3.05, 3.63) is 17.7 Å². The molecule has 0 aliphatic heterocycles. The zero-order chi connectivity index (χ0) is 12.0. The molecule has 0 aliphatic rings. The van der Waals surface area contributed by atoms with Gasteiger partial charge in [0, 0.05) is 0 Å². The van der Waals surface area contributed by atoms with Gasteiger partial charge in [-0.25, -0.2) is 9.13 Å². The minimum atomic E-state index is -5.03. The maximum Gasteiger partial charge on any atom is 0.457 e. The summed E-state index contributed by atoms with van der Waals surface area (Å²) in [4.78, 5) is 0. The van der Waals surface area contributed by atoms with Gasteiger partial charge in [0.15, 0.2) is 0 Å². The van der Waals surface area contributed by atoms with Gasteiger partial charge in [-0.1, -0.05) is 0 Å². The molecule has 1 aromatic rings. The average molecular weight is 233 g/mol. The SMILES string of the molecule is Cn1c[n+](C)c(C(F)(F)F)c1C(F)(F)F. The number of imidazole rings is 1. The summed E-state index contributed by atoms with van der Waals surface area (Å²) in [7, 11) is 1.83. The van der Waals surface area contributed by atoms with Gasteiger partial charge in [0.1, 0.15) is 0 Å². The molecule has 2 nitrogen and oxygen atoms in total. The van der Waals surface area contributed by atoms with Crippen LogP contribution in [0.2, 0.25) is 0 Å². The molecule has 0 fully saturated rings. The van der Waals surface area contributed by atoms with Gasteiger partial charge in [-0.3, -0.25) is 0 Å². The van der Waals surface area contributed by atoms with Crippen LogP contribution in [-0.4, -0.2) is 4.57 Å². The van der Waals surface area contributed by atoms with Crippen molar-refractivity contribution in [2.75, 3.05) is 0 Å². The minimum Gasteiger partial charge on any atom is -0.228 e. The van der Waals surface area contributed by atoms with Crippen LogP contribution in [0.3, 0.4) is 0 Å². The number of aryl methyl sites for hydroxylation is 2. The van der Waals surface area contributed by atoms with Gasteiger partial charge >= 0.3 is 12.4 Å². The third-order valence-electron chi connectivity index (χ3n) is 1.81. The van der Waals surface area contributed by atoms with Crippen molar-refractivity contribution >= 4 is 0 Å². The Morgan fingerprint density at radius 3 is 1.80 bits per heavy atom. The second kappa shape index (κ2) is 3.14. The molecule has 1 heterocycles. The van der Waals surface area contributed by atoms with E-state index in [1.165, 1.54) is 0 Å². The molecule has 86 valence electrons. The lowest BCUT2D eigenvalue weighted by molar-refractivity contribution is -0.690. The quantitative estimate of drug-likeness (QED) is 0.478. The lowest BCUT2D eigenvalue weighted by atomic mass is 10.3. The van der Waals surface area contributed by atoms with Crippen LogP contribution in [0.1, 0.15) is 11.4 Å². The molecule has 1 aromatic heterocycles. The molecule has 15 heavy (non-hydrogen) atoms. The van der Waals surface area contributed by atoms with Crippen molar-refractivity contribution in [2.24, 2.45) is 14.1 Å². The van der Waals surface area contributed by atoms with E-state index in [1.807, 2.05) is 0 Å². The Kier molecular flexibility index (Phi) is 2.48. The monoisotopic (exact) mass is 233 g/mol. The molecular weight excluding hydrogens is 226 g/mol. The number of aromatic nitrogens is 2. The number of alkyl halides is 6. The van der Waals surface area contributed by atoms with Crippen molar-refractivity contribution in [2.45, 2.75) is 12.4 Å². The van der Waals surface area contributed by atoms with Gasteiger partial charge in [0.2, 0.25) is 6.33 Å². The highest BCUT2D eigenvalue weighted by atomic mass is 19.4. The second-order valence-corrected chi connectivity index (χ2v) is 3.03. The first-order valence-electron chi connectivity index (χ1n) is 3.74. The van der Waals surface area contributed by atoms with E-state index in [9.17, 15) is 26.3 Å². The van der Waals surface area contributed by atoms with Crippen LogP contribution in [0, 0.1) is 0 Å². The van der Waals surface area contributed by atoms with Crippen LogP contribution in [0.4, 0.5) is 26.3 Å². The maximum atomic E-state index is 12.3. The molecule has 0 aliphatic carbocycles. The van der Waals surface area contributed by atoms with Gasteiger partial charge in [-0.2, -0.15) is 26.3 Å². The fraction of sp³-hybridized carbons (Fsp3) is 0.571. The van der Waals surface area contributed by atoms with E-state index in [-0.39, 0.29) is 0 Å². The Balaban J connectivity index is 3.51. The summed E-state index contributed by atoms with van der Waals surface area (Å²) in [6.45, 7) is 0. The summed E-state index contributed by atoms with van der Waals surface area (Å²) in [5.74, 6) is 0. The molecule has 8 heteroatoms. The molecule has 0 spiro atoms. The van der Waals surface area contributed by atoms with Crippen LogP contribution in [-0.2, 0) is 26.4 Å². The minimum absolute atomic E-state index is 0.406. The smallest absolute Gasteiger partial charge is 0.228 e. The molecule has 0 unspecified atom stereocenters. The van der Waals surface area contributed by atoms with Crippen LogP contribution < -0.4 is 4.57 Å². The number of nitrogens with zero attached hydrogens (tertiary/aromatic N) is 2. The molecule has 0 N–H and O–H groups in total. The summed E-state index contributed by atoms with van der Waals surface area (Å²) in [6, 6.07) is 0. The van der Waals surface area contributed by atoms with Crippen LogP contribution in [0.5, 0.6) is 0 Å². The summed E-state index contributed by atoms with van der Waals surface area (Å²) >= 11 is 0. The van der Waals surface area contributed by atoms with E-state index in [0.717, 1.165) is 20.4 Å². The van der Waals surface area contributed by atoms with E-state index in [0.29, 0.717) is 9.13 Å². The molecule has 0 radical (unpaired) electrons. The first-order valence-corrected chi connectivity index (χ1v) is 3.74. The van der Waals surface area contributed by atoms with Gasteiger partial charge in [-0.15, -0.1) is 0 Å². The molecule has 0 saturated carbocycles. The number of hydrogen-bond acceptors (Lipinski definition) is 0. The number of hydrogen-bond donors (Lipinski definition) is 0. The molecule has 0 atom stereocenters. The fourth-order valence-corrected chi connectivity index (χ4v) is 1.38. The second-order valence-electron chi connectivity index (χ2n) is 3.03. The van der Waals surface area contributed by atoms with E-state index in [4.69, 9.17) is 0 Å². The zero-order valence-corrected chi connectivity index (χ0v) is 7.74. The van der Waals surface area contributed by atoms with Gasteiger partial charge < -0.3 is 0 Å². The Morgan fingerprint density at radius 2 is 1.53 bits per heavy atom. The highest BCUT2D eigenvalue weighted by Crippen LogP contribution is 2.38. The van der Waals surface area contributed by atoms with E-state index < -0.39 is 23.7 Å². The first kappa shape index (κ1) is 11.9. The highest BCUT2D eigenvalue weighted by molar-refractivity contribution is 5.14. The third-order valence-corrected chi connectivity index (χ3v) is 1.81. The lowest BCUT2D eigenvalue weighted by Crippen LogP contribution is -2.36. The lowest BCUT2D eigenvalue weighted by Gasteiger charge is -2.07. The van der Waals surface area contributed by atoms with E-state index in [2.05, 4.69) is 0 Å². The molecule has 0 saturated heterocycles. The predicted octanol–water partition coefficient (Wildman–Crippen LogP) is 1.89. The van der Waals surface area contributed by atoms with E-state index >= 15 is 0 Å². The zero-order valence-electron chi connectivity index (χ0n) is 7.74. The average Bonchev–Trinajstić information content (AvgIpc) is 2.22. The number of halogens is 6. The van der Waals surface area contributed by atoms with Gasteiger partial charge in [0.25, 0.3) is 11.4 Å². The largest absolute Gasteiger partial charge is 0.457 e. The summed E-state index contributed by atoms with van der Waals surface area (Å²) in [5, 5.41) is 0. The summed E-state index contributed by atoms with van der Waals surface area (Å²) in [5.41, 5.74) is -3.39. The molecule has 0 bridgehead atoms. The van der Waals surface area contributed by atoms with Crippen molar-refractivity contribution in [1.82, 2.24) is 4.57 Å². The standard InChI is InChI=1S/C7H7F6N2/c1-14-3-15(2)5(7(11,12)13)4(14)6(8,9)10/h3H,1-2H3/q+1. The third kappa shape index (κ3) is 2.07. The molecule has 1 rings (SSSR count). The molecule has 0 amide bonds. The Hall–Kier alpha value is -1.21. The van der Waals surface area contributed by atoms with Gasteiger partial charge in [-0.05, 0) is 0 Å². The van der Waals surface area contributed by atoms with Crippen molar-refractivity contribution in [3.8, 4) is 0 Å². The fourth-order valence-electron chi connectivity index (χ4n) is 1.38. The van der Waals surface area contributed by atoms with Crippen molar-refractivity contribution in [1.29, 1.82) is 0 Å². The maximum absolute atomic E-state index is 12.3. The first-order chi connectivity index (χ1) is 6.55. The summed E-state index contributed by atoms with van der Waals surface area (Å²) in [6.07, 6.45) is -9.33. The van der Waals surface area contributed by atoms with Gasteiger partial charge in [0.05, 0.1) is 14.1 Å². The molecule has 0 aromatic carbocycles. The highest BCUT2D eigenvalue weighted by Gasteiger charge is 2.53. The topological polar surface area (TPSA) is 8.81 Å². The Labute approximate surface area is 80.7 Å². The van der Waals surface area contributed by atoms with Crippen LogP contribution >= 0.6 is 0 Å². The molecular formula is C7H7F6N2+. The van der Waals surface area contributed by atoms with Crippen LogP contribution in [0.25, 0.3) is 0 Å². The normalized spacial score (nSPS) is 13.3. The Bertz CT molecular complexity index is 338. The number of rotatable bonds is 0. The summed E-state index contributed by atoms with van der Waals surface area (Å²) < 4.78 is 74.7. The van der Waals surface area contributed by atoms with E-state index in [1.54, 1.807) is 0 Å². The predicted molar refractivity (Wildman–Crippen MR) is 36.6 cm³/mol. The Morgan fingerprint density at radius 1 is 1.07 bits per heavy atom. The van der Waals surface area contributed by atoms with Crippen molar-refractivity contribution in [3.63, 3.8) is 0 Å². The van der Waals surface area contributed by atoms with Crippen LogP contribution in [0.15, 0.2) is 6.33 Å². The van der Waals surface area contributed by atoms with Crippen molar-refractivity contribution < 1.29 is 30.9 Å².